The fraction of sp³-hybridized carbons (Fsp3) is 1.00. The second-order valence-corrected chi connectivity index (χ2v) is 6.11. The zero-order valence-electron chi connectivity index (χ0n) is 13.0. The van der Waals surface area contributed by atoms with Gasteiger partial charge in [-0.05, 0) is 18.8 Å². The van der Waals surface area contributed by atoms with Gasteiger partial charge in [-0.25, -0.2) is 0 Å². The molecule has 126 valence electrons. The quantitative estimate of drug-likeness (QED) is 0.378. The first kappa shape index (κ1) is 18.8. The van der Waals surface area contributed by atoms with Gasteiger partial charge < -0.3 is 30.5 Å². The Kier molecular flexibility index (Phi) is 8.70. The summed E-state index contributed by atoms with van der Waals surface area (Å²) in [5.74, 6) is 0.574. The summed E-state index contributed by atoms with van der Waals surface area (Å²) in [6.45, 7) is 1.37. The number of aliphatic hydroxyl groups excluding tert-OH is 4. The van der Waals surface area contributed by atoms with Crippen molar-refractivity contribution in [2.45, 2.75) is 56.8 Å². The summed E-state index contributed by atoms with van der Waals surface area (Å²) in [6, 6.07) is 0. The van der Waals surface area contributed by atoms with Gasteiger partial charge in [0.2, 0.25) is 0 Å². The Morgan fingerprint density at radius 3 is 2.33 bits per heavy atom. The molecule has 3 unspecified atom stereocenters. The van der Waals surface area contributed by atoms with Gasteiger partial charge in [0.1, 0.15) is 0 Å². The SMILES string of the molecule is CCC1CCCCC1OCC(O)CNC(CO)(CO)CO. The summed E-state index contributed by atoms with van der Waals surface area (Å²) in [7, 11) is 0. The van der Waals surface area contributed by atoms with Gasteiger partial charge in [0.25, 0.3) is 0 Å². The van der Waals surface area contributed by atoms with Crippen LogP contribution in [0.5, 0.6) is 0 Å². The largest absolute Gasteiger partial charge is 0.394 e. The third-order valence-corrected chi connectivity index (χ3v) is 4.49. The number of rotatable bonds is 10. The summed E-state index contributed by atoms with van der Waals surface area (Å²) in [6.07, 6.45) is 5.27. The van der Waals surface area contributed by atoms with Crippen molar-refractivity contribution >= 4 is 0 Å². The highest BCUT2D eigenvalue weighted by atomic mass is 16.5. The van der Waals surface area contributed by atoms with Crippen LogP contribution in [0, 0.1) is 5.92 Å². The summed E-state index contributed by atoms with van der Waals surface area (Å²) < 4.78 is 5.84. The number of ether oxygens (including phenoxy) is 1. The van der Waals surface area contributed by atoms with Crippen LogP contribution in [0.15, 0.2) is 0 Å². The van der Waals surface area contributed by atoms with Gasteiger partial charge in [-0.2, -0.15) is 0 Å². The van der Waals surface area contributed by atoms with Crippen LogP contribution >= 0.6 is 0 Å². The molecule has 21 heavy (non-hydrogen) atoms. The van der Waals surface area contributed by atoms with E-state index in [1.807, 2.05) is 0 Å². The topological polar surface area (TPSA) is 102 Å². The molecule has 1 saturated carbocycles. The van der Waals surface area contributed by atoms with Crippen LogP contribution in [0.1, 0.15) is 39.0 Å². The minimum absolute atomic E-state index is 0.158. The predicted octanol–water partition coefficient (Wildman–Crippen LogP) is -0.362. The maximum absolute atomic E-state index is 9.96. The van der Waals surface area contributed by atoms with Crippen LogP contribution < -0.4 is 5.32 Å². The van der Waals surface area contributed by atoms with Gasteiger partial charge in [0.15, 0.2) is 0 Å². The molecule has 6 nitrogen and oxygen atoms in total. The second-order valence-electron chi connectivity index (χ2n) is 6.11. The molecule has 1 rings (SSSR count). The highest BCUT2D eigenvalue weighted by molar-refractivity contribution is 4.87. The molecule has 1 aliphatic carbocycles. The highest BCUT2D eigenvalue weighted by Gasteiger charge is 2.29. The lowest BCUT2D eigenvalue weighted by Gasteiger charge is -2.32. The molecule has 0 bridgehead atoms. The van der Waals surface area contributed by atoms with E-state index in [1.54, 1.807) is 0 Å². The third kappa shape index (κ3) is 5.81. The van der Waals surface area contributed by atoms with Crippen LogP contribution in [0.2, 0.25) is 0 Å². The minimum Gasteiger partial charge on any atom is -0.394 e. The number of hydrogen-bond acceptors (Lipinski definition) is 6. The fourth-order valence-corrected chi connectivity index (χ4v) is 2.81. The summed E-state index contributed by atoms with van der Waals surface area (Å²) in [5.41, 5.74) is -1.15. The van der Waals surface area contributed by atoms with Gasteiger partial charge in [-0.15, -0.1) is 0 Å². The van der Waals surface area contributed by atoms with E-state index in [-0.39, 0.29) is 19.3 Å². The van der Waals surface area contributed by atoms with E-state index < -0.39 is 31.5 Å². The van der Waals surface area contributed by atoms with Crippen molar-refractivity contribution < 1.29 is 25.2 Å². The monoisotopic (exact) mass is 305 g/mol. The zero-order chi connectivity index (χ0) is 15.7. The molecule has 3 atom stereocenters. The van der Waals surface area contributed by atoms with Crippen LogP contribution in [0.3, 0.4) is 0 Å². The van der Waals surface area contributed by atoms with Crippen molar-refractivity contribution in [2.75, 3.05) is 33.0 Å². The van der Waals surface area contributed by atoms with Crippen molar-refractivity contribution in [2.24, 2.45) is 5.92 Å². The molecule has 6 heteroatoms. The van der Waals surface area contributed by atoms with E-state index in [1.165, 1.54) is 19.3 Å². The first-order valence-corrected chi connectivity index (χ1v) is 7.98. The molecule has 0 saturated heterocycles. The first-order valence-electron chi connectivity index (χ1n) is 7.98. The summed E-state index contributed by atoms with van der Waals surface area (Å²) in [5, 5.41) is 40.4. The summed E-state index contributed by atoms with van der Waals surface area (Å²) in [4.78, 5) is 0. The lowest BCUT2D eigenvalue weighted by molar-refractivity contribution is -0.0542. The molecule has 0 aromatic rings. The summed E-state index contributed by atoms with van der Waals surface area (Å²) >= 11 is 0. The van der Waals surface area contributed by atoms with Crippen molar-refractivity contribution in [1.29, 1.82) is 0 Å². The van der Waals surface area contributed by atoms with Gasteiger partial charge >= 0.3 is 0 Å². The minimum atomic E-state index is -1.15. The molecule has 0 radical (unpaired) electrons. The van der Waals surface area contributed by atoms with Gasteiger partial charge in [0, 0.05) is 6.54 Å². The number of aliphatic hydroxyl groups is 4. The molecular weight excluding hydrogens is 274 g/mol. The predicted molar refractivity (Wildman–Crippen MR) is 80.0 cm³/mol. The van der Waals surface area contributed by atoms with Crippen LogP contribution in [0.25, 0.3) is 0 Å². The molecule has 5 N–H and O–H groups in total. The van der Waals surface area contributed by atoms with E-state index in [4.69, 9.17) is 4.74 Å². The van der Waals surface area contributed by atoms with Gasteiger partial charge in [-0.1, -0.05) is 26.2 Å². The van der Waals surface area contributed by atoms with Crippen molar-refractivity contribution in [3.05, 3.63) is 0 Å². The molecule has 0 aromatic carbocycles. The third-order valence-electron chi connectivity index (χ3n) is 4.49. The maximum Gasteiger partial charge on any atom is 0.0898 e. The van der Waals surface area contributed by atoms with E-state index in [0.717, 1.165) is 12.8 Å². The van der Waals surface area contributed by atoms with Crippen LogP contribution in [-0.4, -0.2) is 71.1 Å². The Morgan fingerprint density at radius 1 is 1.14 bits per heavy atom. The first-order chi connectivity index (χ1) is 10.1. The Balaban J connectivity index is 2.31. The van der Waals surface area contributed by atoms with Crippen molar-refractivity contribution in [3.63, 3.8) is 0 Å². The van der Waals surface area contributed by atoms with E-state index in [2.05, 4.69) is 12.2 Å². The zero-order valence-corrected chi connectivity index (χ0v) is 13.0. The second kappa shape index (κ2) is 9.71. The smallest absolute Gasteiger partial charge is 0.0898 e. The lowest BCUT2D eigenvalue weighted by atomic mass is 9.85. The molecule has 1 aliphatic rings. The Morgan fingerprint density at radius 2 is 1.76 bits per heavy atom. The highest BCUT2D eigenvalue weighted by Crippen LogP contribution is 2.29. The number of β-amino-alcohol motifs (C(OH)–C–C–N with tert-alkyl or cyclic N) is 1. The average molecular weight is 305 g/mol. The van der Waals surface area contributed by atoms with E-state index >= 15 is 0 Å². The molecule has 1 fully saturated rings. The fourth-order valence-electron chi connectivity index (χ4n) is 2.81. The molecule has 0 heterocycles. The Bertz CT molecular complexity index is 265. The Labute approximate surface area is 127 Å². The van der Waals surface area contributed by atoms with Crippen LogP contribution in [0.4, 0.5) is 0 Å². The molecule has 0 aliphatic heterocycles. The van der Waals surface area contributed by atoms with Gasteiger partial charge in [-0.3, -0.25) is 0 Å². The standard InChI is InChI=1S/C15H31NO5/c1-2-12-5-3-4-6-14(12)21-8-13(20)7-16-15(9-17,10-18)11-19/h12-14,16-20H,2-11H2,1H3. The number of hydrogen-bond donors (Lipinski definition) is 5. The molecular formula is C15H31NO5. The van der Waals surface area contributed by atoms with Crippen LogP contribution in [-0.2, 0) is 4.74 Å². The lowest BCUT2D eigenvalue weighted by Crippen LogP contribution is -2.57. The molecule has 0 aromatic heterocycles. The van der Waals surface area contributed by atoms with Gasteiger partial charge in [0.05, 0.1) is 44.2 Å². The van der Waals surface area contributed by atoms with Crippen molar-refractivity contribution in [3.8, 4) is 0 Å². The van der Waals surface area contributed by atoms with E-state index in [0.29, 0.717) is 5.92 Å². The Hall–Kier alpha value is -0.240. The molecule has 0 spiro atoms. The van der Waals surface area contributed by atoms with Crippen molar-refractivity contribution in [1.82, 2.24) is 5.32 Å². The molecule has 0 amide bonds. The average Bonchev–Trinajstić information content (AvgIpc) is 2.55. The van der Waals surface area contributed by atoms with E-state index in [9.17, 15) is 20.4 Å². The maximum atomic E-state index is 9.96. The number of nitrogens with one attached hydrogen (secondary N) is 1. The normalized spacial score (nSPS) is 25.0.